The van der Waals surface area contributed by atoms with Crippen molar-refractivity contribution in [2.45, 2.75) is 18.8 Å². The monoisotopic (exact) mass is 351 g/mol. The summed E-state index contributed by atoms with van der Waals surface area (Å²) < 4.78 is 0. The number of amides is 2. The molecule has 2 N–H and O–H groups in total. The lowest BCUT2D eigenvalue weighted by Gasteiger charge is -2.17. The van der Waals surface area contributed by atoms with E-state index >= 15 is 0 Å². The van der Waals surface area contributed by atoms with E-state index in [2.05, 4.69) is 10.6 Å². The number of anilines is 2. The number of benzene rings is 2. The zero-order valence-electron chi connectivity index (χ0n) is 15.2. The normalized spacial score (nSPS) is 14.4. The van der Waals surface area contributed by atoms with Gasteiger partial charge in [0.05, 0.1) is 12.5 Å². The van der Waals surface area contributed by atoms with Crippen molar-refractivity contribution in [3.8, 4) is 0 Å². The summed E-state index contributed by atoms with van der Waals surface area (Å²) in [6, 6.07) is 17.4. The summed E-state index contributed by atoms with van der Waals surface area (Å²) in [6.07, 6.45) is 2.13. The van der Waals surface area contributed by atoms with Gasteiger partial charge in [0.15, 0.2) is 0 Å². The highest BCUT2D eigenvalue weighted by atomic mass is 16.2. The SMILES string of the molecule is CN(C)c1ccc(NC(=O)CNC(=O)C(c2ccccc2)C2CC2)cc1. The molecule has 1 aliphatic rings. The molecule has 0 aliphatic heterocycles. The fourth-order valence-corrected chi connectivity index (χ4v) is 3.05. The number of hydrogen-bond donors (Lipinski definition) is 2. The quantitative estimate of drug-likeness (QED) is 0.806. The molecule has 26 heavy (non-hydrogen) atoms. The molecule has 1 saturated carbocycles. The molecule has 1 unspecified atom stereocenters. The molecule has 3 rings (SSSR count). The lowest BCUT2D eigenvalue weighted by Crippen LogP contribution is -2.36. The predicted octanol–water partition coefficient (Wildman–Crippen LogP) is 3.00. The molecule has 5 heteroatoms. The van der Waals surface area contributed by atoms with E-state index in [4.69, 9.17) is 0 Å². The Bertz CT molecular complexity index is 753. The van der Waals surface area contributed by atoms with Gasteiger partial charge >= 0.3 is 0 Å². The molecule has 136 valence electrons. The summed E-state index contributed by atoms with van der Waals surface area (Å²) in [4.78, 5) is 26.7. The average Bonchev–Trinajstić information content (AvgIpc) is 3.46. The van der Waals surface area contributed by atoms with Gasteiger partial charge in [-0.15, -0.1) is 0 Å². The molecule has 1 atom stereocenters. The summed E-state index contributed by atoms with van der Waals surface area (Å²) >= 11 is 0. The van der Waals surface area contributed by atoms with Crippen LogP contribution in [0.25, 0.3) is 0 Å². The van der Waals surface area contributed by atoms with Crippen LogP contribution in [0.5, 0.6) is 0 Å². The first-order valence-corrected chi connectivity index (χ1v) is 8.94. The Morgan fingerprint density at radius 3 is 2.27 bits per heavy atom. The topological polar surface area (TPSA) is 61.4 Å². The number of hydrogen-bond acceptors (Lipinski definition) is 3. The Balaban J connectivity index is 1.54. The molecule has 1 aliphatic carbocycles. The maximum absolute atomic E-state index is 12.6. The minimum Gasteiger partial charge on any atom is -0.378 e. The van der Waals surface area contributed by atoms with E-state index in [0.717, 1.165) is 29.8 Å². The van der Waals surface area contributed by atoms with E-state index in [-0.39, 0.29) is 24.3 Å². The first kappa shape index (κ1) is 18.0. The number of nitrogens with one attached hydrogen (secondary N) is 2. The highest BCUT2D eigenvalue weighted by Crippen LogP contribution is 2.42. The second kappa shape index (κ2) is 8.04. The van der Waals surface area contributed by atoms with Crippen LogP contribution in [-0.4, -0.2) is 32.5 Å². The summed E-state index contributed by atoms with van der Waals surface area (Å²) in [7, 11) is 3.93. The van der Waals surface area contributed by atoms with Gasteiger partial charge in [0.25, 0.3) is 0 Å². The van der Waals surface area contributed by atoms with Crippen LogP contribution in [0.2, 0.25) is 0 Å². The third-order valence-corrected chi connectivity index (χ3v) is 4.63. The maximum Gasteiger partial charge on any atom is 0.243 e. The van der Waals surface area contributed by atoms with Gasteiger partial charge in [0, 0.05) is 25.5 Å². The number of nitrogens with zero attached hydrogens (tertiary/aromatic N) is 1. The van der Waals surface area contributed by atoms with Crippen molar-refractivity contribution in [2.75, 3.05) is 30.9 Å². The standard InChI is InChI=1S/C21H25N3O2/c1-24(2)18-12-10-17(11-13-18)23-19(25)14-22-21(26)20(16-8-9-16)15-6-4-3-5-7-15/h3-7,10-13,16,20H,8-9,14H2,1-2H3,(H,22,26)(H,23,25). The zero-order chi connectivity index (χ0) is 18.5. The average molecular weight is 351 g/mol. The maximum atomic E-state index is 12.6. The van der Waals surface area contributed by atoms with Crippen molar-refractivity contribution in [1.82, 2.24) is 5.32 Å². The molecule has 0 heterocycles. The van der Waals surface area contributed by atoms with Crippen LogP contribution in [-0.2, 0) is 9.59 Å². The summed E-state index contributed by atoms with van der Waals surface area (Å²) in [5.41, 5.74) is 2.80. The molecular weight excluding hydrogens is 326 g/mol. The minimum atomic E-state index is -0.224. The van der Waals surface area contributed by atoms with Crippen LogP contribution in [0.1, 0.15) is 24.3 Å². The Morgan fingerprint density at radius 1 is 1.04 bits per heavy atom. The van der Waals surface area contributed by atoms with E-state index in [9.17, 15) is 9.59 Å². The van der Waals surface area contributed by atoms with Gasteiger partial charge in [0.1, 0.15) is 0 Å². The molecule has 2 amide bonds. The Hall–Kier alpha value is -2.82. The van der Waals surface area contributed by atoms with E-state index in [0.29, 0.717) is 5.92 Å². The van der Waals surface area contributed by atoms with Crippen LogP contribution in [0.15, 0.2) is 54.6 Å². The predicted molar refractivity (Wildman–Crippen MR) is 104 cm³/mol. The fourth-order valence-electron chi connectivity index (χ4n) is 3.05. The van der Waals surface area contributed by atoms with Crippen molar-refractivity contribution in [1.29, 1.82) is 0 Å². The smallest absolute Gasteiger partial charge is 0.243 e. The van der Waals surface area contributed by atoms with E-state index < -0.39 is 0 Å². The highest BCUT2D eigenvalue weighted by Gasteiger charge is 2.37. The second-order valence-corrected chi connectivity index (χ2v) is 6.93. The van der Waals surface area contributed by atoms with Gasteiger partial charge < -0.3 is 15.5 Å². The van der Waals surface area contributed by atoms with Crippen molar-refractivity contribution in [3.05, 3.63) is 60.2 Å². The third kappa shape index (κ3) is 4.63. The van der Waals surface area contributed by atoms with Crippen LogP contribution in [0.3, 0.4) is 0 Å². The Labute approximate surface area is 154 Å². The molecule has 2 aromatic rings. The molecule has 0 aromatic heterocycles. The van der Waals surface area contributed by atoms with E-state index in [1.165, 1.54) is 0 Å². The highest BCUT2D eigenvalue weighted by molar-refractivity contribution is 5.95. The first-order chi connectivity index (χ1) is 12.5. The van der Waals surface area contributed by atoms with Gasteiger partial charge in [-0.25, -0.2) is 0 Å². The van der Waals surface area contributed by atoms with Gasteiger partial charge in [0.2, 0.25) is 11.8 Å². The van der Waals surface area contributed by atoms with Gasteiger partial charge in [-0.1, -0.05) is 30.3 Å². The third-order valence-electron chi connectivity index (χ3n) is 4.63. The number of carbonyl (C=O) groups excluding carboxylic acids is 2. The first-order valence-electron chi connectivity index (χ1n) is 8.94. The van der Waals surface area contributed by atoms with Gasteiger partial charge in [-0.3, -0.25) is 9.59 Å². The Morgan fingerprint density at radius 2 is 1.69 bits per heavy atom. The summed E-state index contributed by atoms with van der Waals surface area (Å²) in [5, 5.41) is 5.61. The van der Waals surface area contributed by atoms with E-state index in [1.807, 2.05) is 73.6 Å². The number of rotatable bonds is 7. The van der Waals surface area contributed by atoms with Crippen molar-refractivity contribution in [3.63, 3.8) is 0 Å². The minimum absolute atomic E-state index is 0.0235. The molecule has 0 bridgehead atoms. The fraction of sp³-hybridized carbons (Fsp3) is 0.333. The largest absolute Gasteiger partial charge is 0.378 e. The van der Waals surface area contributed by atoms with Crippen molar-refractivity contribution < 1.29 is 9.59 Å². The van der Waals surface area contributed by atoms with Crippen molar-refractivity contribution in [2.24, 2.45) is 5.92 Å². The van der Waals surface area contributed by atoms with Gasteiger partial charge in [-0.2, -0.15) is 0 Å². The van der Waals surface area contributed by atoms with E-state index in [1.54, 1.807) is 0 Å². The lowest BCUT2D eigenvalue weighted by molar-refractivity contribution is -0.125. The zero-order valence-corrected chi connectivity index (χ0v) is 15.2. The summed E-state index contributed by atoms with van der Waals surface area (Å²) in [5.74, 6) is -0.0715. The lowest BCUT2D eigenvalue weighted by atomic mass is 9.93. The van der Waals surface area contributed by atoms with Crippen LogP contribution < -0.4 is 15.5 Å². The molecule has 0 spiro atoms. The second-order valence-electron chi connectivity index (χ2n) is 6.93. The van der Waals surface area contributed by atoms with Crippen LogP contribution in [0.4, 0.5) is 11.4 Å². The molecule has 0 saturated heterocycles. The molecule has 2 aromatic carbocycles. The molecule has 1 fully saturated rings. The number of carbonyl (C=O) groups is 2. The Kier molecular flexibility index (Phi) is 5.56. The molecule has 5 nitrogen and oxygen atoms in total. The van der Waals surface area contributed by atoms with Crippen LogP contribution in [0, 0.1) is 5.92 Å². The van der Waals surface area contributed by atoms with Gasteiger partial charge in [-0.05, 0) is 48.6 Å². The van der Waals surface area contributed by atoms with Crippen molar-refractivity contribution >= 4 is 23.2 Å². The van der Waals surface area contributed by atoms with Crippen LogP contribution >= 0.6 is 0 Å². The molecule has 0 radical (unpaired) electrons. The summed E-state index contributed by atoms with van der Waals surface area (Å²) in [6.45, 7) is -0.0235. The molecular formula is C21H25N3O2.